The van der Waals surface area contributed by atoms with Gasteiger partial charge < -0.3 is 4.74 Å². The normalized spacial score (nSPS) is 11.0. The summed E-state index contributed by atoms with van der Waals surface area (Å²) >= 11 is 1.58. The number of ether oxygens (including phenoxy) is 1. The largest absolute Gasteiger partial charge is 0.457 e. The predicted molar refractivity (Wildman–Crippen MR) is 107 cm³/mol. The zero-order chi connectivity index (χ0) is 18.6. The Balaban J connectivity index is 1.32. The molecule has 27 heavy (non-hydrogen) atoms. The molecular formula is C22H17NO3S. The molecule has 0 fully saturated rings. The number of aromatic nitrogens is 1. The summed E-state index contributed by atoms with van der Waals surface area (Å²) in [7, 11) is 0. The fraction of sp³-hybridized carbons (Fsp3) is 0.136. The molecule has 5 heteroatoms. The molecule has 0 radical (unpaired) electrons. The van der Waals surface area contributed by atoms with E-state index in [0.29, 0.717) is 12.0 Å². The van der Waals surface area contributed by atoms with Gasteiger partial charge in [0.25, 0.3) is 0 Å². The number of hydrogen-bond acceptors (Lipinski definition) is 5. The van der Waals surface area contributed by atoms with Crippen molar-refractivity contribution in [3.8, 4) is 0 Å². The highest BCUT2D eigenvalue weighted by atomic mass is 32.1. The maximum Gasteiger partial charge on any atom is 0.306 e. The van der Waals surface area contributed by atoms with E-state index in [0.717, 1.165) is 26.0 Å². The summed E-state index contributed by atoms with van der Waals surface area (Å²) in [5, 5.41) is 2.96. The summed E-state index contributed by atoms with van der Waals surface area (Å²) < 4.78 is 6.26. The molecule has 4 rings (SSSR count). The number of Topliss-reactive ketones (excluding diaryl/α,β-unsaturated/α-hetero) is 1. The number of carbonyl (C=O) groups is 2. The molecule has 0 spiro atoms. The van der Waals surface area contributed by atoms with Crippen LogP contribution in [0, 0.1) is 0 Å². The lowest BCUT2D eigenvalue weighted by Crippen LogP contribution is -2.14. The molecule has 0 saturated carbocycles. The molecular weight excluding hydrogens is 358 g/mol. The summed E-state index contributed by atoms with van der Waals surface area (Å²) in [4.78, 5) is 28.8. The van der Waals surface area contributed by atoms with Gasteiger partial charge in [-0.3, -0.25) is 9.59 Å². The number of carbonyl (C=O) groups excluding carboxylic acids is 2. The fourth-order valence-corrected chi connectivity index (χ4v) is 3.87. The maximum absolute atomic E-state index is 12.3. The van der Waals surface area contributed by atoms with E-state index in [4.69, 9.17) is 4.74 Å². The second-order valence-corrected chi connectivity index (χ2v) is 7.34. The van der Waals surface area contributed by atoms with E-state index >= 15 is 0 Å². The maximum atomic E-state index is 12.3. The topological polar surface area (TPSA) is 56.3 Å². The molecule has 0 atom stereocenters. The third-order valence-electron chi connectivity index (χ3n) is 4.32. The van der Waals surface area contributed by atoms with Crippen LogP contribution in [0.25, 0.3) is 21.0 Å². The minimum absolute atomic E-state index is 0.200. The molecule has 0 aliphatic heterocycles. The first kappa shape index (κ1) is 17.4. The lowest BCUT2D eigenvalue weighted by atomic mass is 10.0. The van der Waals surface area contributed by atoms with Crippen LogP contribution in [0.1, 0.15) is 21.8 Å². The predicted octanol–water partition coefficient (Wildman–Crippen LogP) is 4.81. The molecule has 134 valence electrons. The molecule has 0 amide bonds. The Hall–Kier alpha value is -3.05. The molecule has 4 nitrogen and oxygen atoms in total. The average Bonchev–Trinajstić information content (AvgIpc) is 3.13. The van der Waals surface area contributed by atoms with Gasteiger partial charge in [-0.15, -0.1) is 11.3 Å². The van der Waals surface area contributed by atoms with E-state index in [2.05, 4.69) is 4.98 Å². The van der Waals surface area contributed by atoms with Gasteiger partial charge >= 0.3 is 5.97 Å². The van der Waals surface area contributed by atoms with E-state index in [1.807, 2.05) is 60.7 Å². The Morgan fingerprint density at radius 1 is 0.926 bits per heavy atom. The van der Waals surface area contributed by atoms with Gasteiger partial charge in [0.15, 0.2) is 12.4 Å². The first-order valence-electron chi connectivity index (χ1n) is 8.71. The standard InChI is InChI=1S/C22H17NO3S/c24-19(17-10-9-15-5-1-2-6-16(15)13-17)14-26-22(25)12-11-21-23-18-7-3-4-8-20(18)27-21/h1-10,13H,11-12,14H2. The van der Waals surface area contributed by atoms with Crippen LogP contribution < -0.4 is 0 Å². The summed E-state index contributed by atoms with van der Waals surface area (Å²) in [6, 6.07) is 21.2. The van der Waals surface area contributed by atoms with Gasteiger partial charge in [-0.25, -0.2) is 4.98 Å². The number of fused-ring (bicyclic) bond motifs is 2. The van der Waals surface area contributed by atoms with Crippen LogP contribution in [0.4, 0.5) is 0 Å². The molecule has 0 bridgehead atoms. The van der Waals surface area contributed by atoms with Crippen molar-refractivity contribution in [3.05, 3.63) is 77.3 Å². The van der Waals surface area contributed by atoms with Crippen molar-refractivity contribution < 1.29 is 14.3 Å². The number of esters is 1. The zero-order valence-electron chi connectivity index (χ0n) is 14.6. The number of aryl methyl sites for hydroxylation is 1. The van der Waals surface area contributed by atoms with Crippen LogP contribution in [-0.2, 0) is 16.0 Å². The Bertz CT molecular complexity index is 1100. The number of benzene rings is 3. The minimum Gasteiger partial charge on any atom is -0.457 e. The molecule has 1 aromatic heterocycles. The van der Waals surface area contributed by atoms with Crippen molar-refractivity contribution in [2.24, 2.45) is 0 Å². The molecule has 0 unspecified atom stereocenters. The van der Waals surface area contributed by atoms with Crippen molar-refractivity contribution in [1.82, 2.24) is 4.98 Å². The van der Waals surface area contributed by atoms with Crippen LogP contribution in [-0.4, -0.2) is 23.3 Å². The highest BCUT2D eigenvalue weighted by molar-refractivity contribution is 7.18. The minimum atomic E-state index is -0.386. The summed E-state index contributed by atoms with van der Waals surface area (Å²) in [6.07, 6.45) is 0.729. The third kappa shape index (κ3) is 4.04. The fourth-order valence-electron chi connectivity index (χ4n) is 2.90. The average molecular weight is 375 g/mol. The number of nitrogens with zero attached hydrogens (tertiary/aromatic N) is 1. The third-order valence-corrected chi connectivity index (χ3v) is 5.41. The quantitative estimate of drug-likeness (QED) is 0.358. The van der Waals surface area contributed by atoms with Crippen molar-refractivity contribution in [2.75, 3.05) is 6.61 Å². The number of thiazole rings is 1. The van der Waals surface area contributed by atoms with Crippen LogP contribution in [0.3, 0.4) is 0 Å². The van der Waals surface area contributed by atoms with E-state index in [1.54, 1.807) is 17.4 Å². The van der Waals surface area contributed by atoms with E-state index in [1.165, 1.54) is 0 Å². The SMILES string of the molecule is O=C(CCc1nc2ccccc2s1)OCC(=O)c1ccc2ccccc2c1. The number of para-hydroxylation sites is 1. The Morgan fingerprint density at radius 3 is 2.56 bits per heavy atom. The van der Waals surface area contributed by atoms with Gasteiger partial charge in [0.1, 0.15) is 0 Å². The first-order chi connectivity index (χ1) is 13.2. The van der Waals surface area contributed by atoms with Gasteiger partial charge in [-0.2, -0.15) is 0 Å². The number of hydrogen-bond donors (Lipinski definition) is 0. The molecule has 4 aromatic rings. The second-order valence-electron chi connectivity index (χ2n) is 6.22. The lowest BCUT2D eigenvalue weighted by molar-refractivity contribution is -0.142. The Kier molecular flexibility index (Phi) is 4.94. The van der Waals surface area contributed by atoms with Crippen LogP contribution >= 0.6 is 11.3 Å². The van der Waals surface area contributed by atoms with E-state index < -0.39 is 0 Å². The van der Waals surface area contributed by atoms with Crippen LogP contribution in [0.15, 0.2) is 66.7 Å². The summed E-state index contributed by atoms with van der Waals surface area (Å²) in [5.41, 5.74) is 1.49. The van der Waals surface area contributed by atoms with Gasteiger partial charge in [0.2, 0.25) is 0 Å². The second kappa shape index (κ2) is 7.68. The zero-order valence-corrected chi connectivity index (χ0v) is 15.4. The number of ketones is 1. The van der Waals surface area contributed by atoms with E-state index in [9.17, 15) is 9.59 Å². The summed E-state index contributed by atoms with van der Waals surface area (Å²) in [6.45, 7) is -0.239. The monoisotopic (exact) mass is 375 g/mol. The van der Waals surface area contributed by atoms with E-state index in [-0.39, 0.29) is 24.8 Å². The molecule has 0 aliphatic rings. The molecule has 0 N–H and O–H groups in total. The van der Waals surface area contributed by atoms with Crippen molar-refractivity contribution >= 4 is 44.1 Å². The molecule has 0 saturated heterocycles. The van der Waals surface area contributed by atoms with Gasteiger partial charge in [-0.1, -0.05) is 48.5 Å². The van der Waals surface area contributed by atoms with Crippen molar-refractivity contribution in [3.63, 3.8) is 0 Å². The van der Waals surface area contributed by atoms with Gasteiger partial charge in [0, 0.05) is 12.0 Å². The van der Waals surface area contributed by atoms with Crippen molar-refractivity contribution in [2.45, 2.75) is 12.8 Å². The van der Waals surface area contributed by atoms with Crippen LogP contribution in [0.2, 0.25) is 0 Å². The van der Waals surface area contributed by atoms with Crippen LogP contribution in [0.5, 0.6) is 0 Å². The summed E-state index contributed by atoms with van der Waals surface area (Å²) in [5.74, 6) is -0.586. The molecule has 0 aliphatic carbocycles. The van der Waals surface area contributed by atoms with Gasteiger partial charge in [-0.05, 0) is 29.0 Å². The number of rotatable bonds is 6. The first-order valence-corrected chi connectivity index (χ1v) is 9.53. The highest BCUT2D eigenvalue weighted by Gasteiger charge is 2.12. The highest BCUT2D eigenvalue weighted by Crippen LogP contribution is 2.22. The van der Waals surface area contributed by atoms with Crippen molar-refractivity contribution in [1.29, 1.82) is 0 Å². The Morgan fingerprint density at radius 2 is 1.70 bits per heavy atom. The van der Waals surface area contributed by atoms with Gasteiger partial charge in [0.05, 0.1) is 21.6 Å². The molecule has 3 aromatic carbocycles. The smallest absolute Gasteiger partial charge is 0.306 e. The molecule has 1 heterocycles. The lowest BCUT2D eigenvalue weighted by Gasteiger charge is -2.05. The Labute approximate surface area is 160 Å².